The van der Waals surface area contributed by atoms with Crippen molar-refractivity contribution in [2.45, 2.75) is 0 Å². The van der Waals surface area contributed by atoms with Crippen molar-refractivity contribution in [2.75, 3.05) is 0 Å². The van der Waals surface area contributed by atoms with E-state index in [9.17, 15) is 0 Å². The van der Waals surface area contributed by atoms with Gasteiger partial charge in [0.2, 0.25) is 0 Å². The SMILES string of the molecule is O.O.O.O.[Br][Au]([Br])[Br]. The molecule has 0 bridgehead atoms. The van der Waals surface area contributed by atoms with E-state index in [4.69, 9.17) is 0 Å². The van der Waals surface area contributed by atoms with Gasteiger partial charge in [0.25, 0.3) is 0 Å². The van der Waals surface area contributed by atoms with E-state index >= 15 is 0 Å². The van der Waals surface area contributed by atoms with Crippen LogP contribution in [-0.2, 0) is 12.0 Å². The molecule has 0 atom stereocenters. The van der Waals surface area contributed by atoms with Gasteiger partial charge in [-0.15, -0.1) is 0 Å². The summed E-state index contributed by atoms with van der Waals surface area (Å²) < 4.78 is 0. The molecule has 0 aliphatic heterocycles. The number of rotatable bonds is 0. The van der Waals surface area contributed by atoms with E-state index in [1.807, 2.05) is 0 Å². The third-order valence-electron chi connectivity index (χ3n) is 0. The monoisotopic (exact) mass is 506 g/mol. The molecule has 0 radical (unpaired) electrons. The van der Waals surface area contributed by atoms with Gasteiger partial charge in [-0.1, -0.05) is 0 Å². The molecule has 0 aliphatic rings. The molecule has 0 rings (SSSR count). The molecular formula is H8AuBr3O4. The molecule has 0 saturated heterocycles. The molecule has 8 N–H and O–H groups in total. The van der Waals surface area contributed by atoms with E-state index in [1.165, 1.54) is 0 Å². The predicted molar refractivity (Wildman–Crippen MR) is 41.2 cm³/mol. The summed E-state index contributed by atoms with van der Waals surface area (Å²) in [6.07, 6.45) is 0. The van der Waals surface area contributed by atoms with E-state index in [2.05, 4.69) is 39.1 Å². The van der Waals surface area contributed by atoms with Gasteiger partial charge in [0.15, 0.2) is 0 Å². The summed E-state index contributed by atoms with van der Waals surface area (Å²) >= 11 is 8.99. The van der Waals surface area contributed by atoms with E-state index in [0.29, 0.717) is 0 Å². The van der Waals surface area contributed by atoms with Crippen molar-refractivity contribution in [1.82, 2.24) is 0 Å². The van der Waals surface area contributed by atoms with Crippen molar-refractivity contribution in [1.29, 1.82) is 0 Å². The average molecular weight is 509 g/mol. The first-order chi connectivity index (χ1) is 1.73. The normalized spacial score (nSPS) is 5.62. The van der Waals surface area contributed by atoms with Crippen LogP contribution in [0.25, 0.3) is 0 Å². The van der Waals surface area contributed by atoms with Crippen LogP contribution in [0.3, 0.4) is 0 Å². The van der Waals surface area contributed by atoms with Gasteiger partial charge in [-0.25, -0.2) is 0 Å². The summed E-state index contributed by atoms with van der Waals surface area (Å²) in [6.45, 7) is 0. The van der Waals surface area contributed by atoms with Crippen LogP contribution in [0.4, 0.5) is 0 Å². The fourth-order valence-electron chi connectivity index (χ4n) is 0. The molecule has 0 spiro atoms. The van der Waals surface area contributed by atoms with Crippen LogP contribution in [0.5, 0.6) is 0 Å². The Kier molecular flexibility index (Phi) is 93.1. The molecule has 0 heterocycles. The minimum absolute atomic E-state index is 0. The quantitative estimate of drug-likeness (QED) is 0.381. The standard InChI is InChI=1S/Au.3BrH.4H2O/h;3*1H;4*1H2/q+3;;;;;;;/p-3. The van der Waals surface area contributed by atoms with Crippen molar-refractivity contribution in [2.24, 2.45) is 0 Å². The summed E-state index contributed by atoms with van der Waals surface area (Å²) in [5.74, 6) is 0. The van der Waals surface area contributed by atoms with Crippen molar-refractivity contribution < 1.29 is 33.9 Å². The van der Waals surface area contributed by atoms with Crippen LogP contribution in [0, 0.1) is 0 Å². The summed E-state index contributed by atoms with van der Waals surface area (Å²) in [4.78, 5) is 0. The zero-order valence-electron chi connectivity index (χ0n) is 3.44. The maximum atomic E-state index is 3.25. The summed E-state index contributed by atoms with van der Waals surface area (Å²) in [7, 11) is 0. The second-order valence-corrected chi connectivity index (χ2v) is 28.6. The Bertz CT molecular complexity index is 16.0. The van der Waals surface area contributed by atoms with Crippen LogP contribution < -0.4 is 0 Å². The summed E-state index contributed by atoms with van der Waals surface area (Å²) in [5.41, 5.74) is 0. The fraction of sp³-hybridized carbons (Fsp3) is 0. The molecule has 0 unspecified atom stereocenters. The Labute approximate surface area is 72.3 Å². The third kappa shape index (κ3) is 96.8. The van der Waals surface area contributed by atoms with Crippen LogP contribution in [0.15, 0.2) is 0 Å². The van der Waals surface area contributed by atoms with Crippen LogP contribution in [-0.4, -0.2) is 21.9 Å². The van der Waals surface area contributed by atoms with Gasteiger partial charge in [-0.3, -0.25) is 0 Å². The van der Waals surface area contributed by atoms with Crippen molar-refractivity contribution >= 4 is 39.1 Å². The Hall–Kier alpha value is 2.02. The molecule has 0 saturated carbocycles. The maximum absolute atomic E-state index is 3.25. The van der Waals surface area contributed by atoms with Gasteiger partial charge in [0, 0.05) is 0 Å². The first-order valence-corrected chi connectivity index (χ1v) is 14.5. The number of halogens is 3. The van der Waals surface area contributed by atoms with Crippen molar-refractivity contribution in [3.05, 3.63) is 0 Å². The molecule has 0 aromatic heterocycles. The van der Waals surface area contributed by atoms with E-state index in [1.54, 1.807) is 0 Å². The third-order valence-corrected chi connectivity index (χ3v) is 0. The van der Waals surface area contributed by atoms with Gasteiger partial charge in [0.1, 0.15) is 0 Å². The molecule has 0 amide bonds. The van der Waals surface area contributed by atoms with Gasteiger partial charge in [-0.2, -0.15) is 0 Å². The molecule has 8 heavy (non-hydrogen) atoms. The number of hydrogen-bond donors (Lipinski definition) is 0. The Balaban J connectivity index is -0.00000000750. The zero-order valence-corrected chi connectivity index (χ0v) is 10.4. The second-order valence-electron chi connectivity index (χ2n) is 0.129. The zero-order chi connectivity index (χ0) is 3.58. The van der Waals surface area contributed by atoms with Crippen LogP contribution in [0.2, 0.25) is 0 Å². The first-order valence-electron chi connectivity index (χ1n) is 0.342. The van der Waals surface area contributed by atoms with Gasteiger partial charge >= 0.3 is 51.1 Å². The molecule has 0 aliphatic carbocycles. The fourth-order valence-corrected chi connectivity index (χ4v) is 0. The Morgan fingerprint density at radius 2 is 0.625 bits per heavy atom. The molecule has 0 aromatic carbocycles. The Morgan fingerprint density at radius 1 is 0.625 bits per heavy atom. The first kappa shape index (κ1) is 32.3. The van der Waals surface area contributed by atoms with Crippen LogP contribution >= 0.6 is 39.1 Å². The van der Waals surface area contributed by atoms with E-state index < -0.39 is 12.0 Å². The molecule has 0 fully saturated rings. The summed E-state index contributed by atoms with van der Waals surface area (Å²) in [6, 6.07) is 0. The van der Waals surface area contributed by atoms with Gasteiger partial charge in [0.05, 0.1) is 0 Å². The van der Waals surface area contributed by atoms with Crippen molar-refractivity contribution in [3.8, 4) is 0 Å². The van der Waals surface area contributed by atoms with E-state index in [0.717, 1.165) is 0 Å². The van der Waals surface area contributed by atoms with Gasteiger partial charge in [-0.05, 0) is 0 Å². The second kappa shape index (κ2) is 23.0. The van der Waals surface area contributed by atoms with E-state index in [-0.39, 0.29) is 21.9 Å². The Morgan fingerprint density at radius 3 is 0.625 bits per heavy atom. The number of hydrogen-bond acceptors (Lipinski definition) is 0. The summed E-state index contributed by atoms with van der Waals surface area (Å²) in [5, 5.41) is 0. The topological polar surface area (TPSA) is 126 Å². The molecule has 4 nitrogen and oxygen atoms in total. The molecule has 64 valence electrons. The molecule has 0 aromatic rings. The predicted octanol–water partition coefficient (Wildman–Crippen LogP) is -0.765. The van der Waals surface area contributed by atoms with Crippen LogP contribution in [0.1, 0.15) is 0 Å². The average Bonchev–Trinajstić information content (AvgIpc) is 0.811. The molecular weight excluding hydrogens is 501 g/mol. The van der Waals surface area contributed by atoms with Gasteiger partial charge < -0.3 is 21.9 Å². The molecule has 8 heteroatoms. The van der Waals surface area contributed by atoms with Crippen molar-refractivity contribution in [3.63, 3.8) is 0 Å². The minimum atomic E-state index is -0.766.